The number of carbonyl (C=O) groups excluding carboxylic acids is 1. The van der Waals surface area contributed by atoms with Crippen LogP contribution in [0.1, 0.15) is 35.6 Å². The lowest BCUT2D eigenvalue weighted by atomic mass is 10.0. The van der Waals surface area contributed by atoms with Crippen molar-refractivity contribution in [2.45, 2.75) is 39.5 Å². The number of rotatable bonds is 6. The normalized spacial score (nSPS) is 16.3. The lowest BCUT2D eigenvalue weighted by Crippen LogP contribution is -2.29. The van der Waals surface area contributed by atoms with E-state index in [0.29, 0.717) is 12.3 Å². The molecule has 3 aromatic rings. The Kier molecular flexibility index (Phi) is 5.69. The Bertz CT molecular complexity index is 964. The Balaban J connectivity index is 1.34. The Morgan fingerprint density at radius 2 is 2.03 bits per heavy atom. The summed E-state index contributed by atoms with van der Waals surface area (Å²) in [6.07, 6.45) is 4.84. The number of hydrogen-bond donors (Lipinski definition) is 0. The predicted molar refractivity (Wildman–Crippen MR) is 110 cm³/mol. The van der Waals surface area contributed by atoms with E-state index in [2.05, 4.69) is 27.3 Å². The summed E-state index contributed by atoms with van der Waals surface area (Å²) in [6, 6.07) is 12.2. The van der Waals surface area contributed by atoms with Crippen molar-refractivity contribution in [3.63, 3.8) is 0 Å². The molecule has 6 heteroatoms. The van der Waals surface area contributed by atoms with Crippen LogP contribution >= 0.6 is 0 Å². The molecular formula is C23H26N4O2. The lowest BCUT2D eigenvalue weighted by Gasteiger charge is -2.16. The van der Waals surface area contributed by atoms with Gasteiger partial charge in [0.05, 0.1) is 17.0 Å². The van der Waals surface area contributed by atoms with Crippen molar-refractivity contribution >= 4 is 5.91 Å². The number of carbonyl (C=O) groups is 1. The van der Waals surface area contributed by atoms with Gasteiger partial charge >= 0.3 is 0 Å². The first-order valence-corrected chi connectivity index (χ1v) is 10.2. The van der Waals surface area contributed by atoms with Crippen molar-refractivity contribution in [3.8, 4) is 11.3 Å². The second-order valence-electron chi connectivity index (χ2n) is 7.78. The quantitative estimate of drug-likeness (QED) is 0.641. The minimum atomic E-state index is 0.246. The molecule has 150 valence electrons. The van der Waals surface area contributed by atoms with Crippen LogP contribution in [0.2, 0.25) is 0 Å². The van der Waals surface area contributed by atoms with Gasteiger partial charge < -0.3 is 9.42 Å². The van der Waals surface area contributed by atoms with E-state index < -0.39 is 0 Å². The van der Waals surface area contributed by atoms with Crippen molar-refractivity contribution in [3.05, 3.63) is 65.4 Å². The summed E-state index contributed by atoms with van der Waals surface area (Å²) < 4.78 is 5.26. The van der Waals surface area contributed by atoms with Gasteiger partial charge in [0.15, 0.2) is 0 Å². The fraction of sp³-hybridized carbons (Fsp3) is 0.391. The molecule has 1 saturated heterocycles. The summed E-state index contributed by atoms with van der Waals surface area (Å²) in [4.78, 5) is 23.4. The zero-order valence-corrected chi connectivity index (χ0v) is 17.0. The molecule has 0 spiro atoms. The first-order chi connectivity index (χ1) is 14.1. The summed E-state index contributed by atoms with van der Waals surface area (Å²) in [7, 11) is 0. The van der Waals surface area contributed by atoms with E-state index in [1.165, 1.54) is 5.56 Å². The molecule has 0 N–H and O–H groups in total. The Morgan fingerprint density at radius 1 is 1.21 bits per heavy atom. The van der Waals surface area contributed by atoms with Gasteiger partial charge in [-0.3, -0.25) is 4.79 Å². The van der Waals surface area contributed by atoms with Gasteiger partial charge in [0.2, 0.25) is 5.91 Å². The van der Waals surface area contributed by atoms with Crippen LogP contribution < -0.4 is 0 Å². The highest BCUT2D eigenvalue weighted by molar-refractivity contribution is 5.76. The van der Waals surface area contributed by atoms with Crippen molar-refractivity contribution in [1.29, 1.82) is 0 Å². The molecule has 6 nitrogen and oxygen atoms in total. The molecule has 0 bridgehead atoms. The maximum atomic E-state index is 12.6. The smallest absolute Gasteiger partial charge is 0.222 e. The molecule has 1 atom stereocenters. The molecule has 3 heterocycles. The van der Waals surface area contributed by atoms with E-state index in [1.807, 2.05) is 43.0 Å². The molecule has 0 aliphatic carbocycles. The van der Waals surface area contributed by atoms with Crippen LogP contribution in [0, 0.1) is 19.8 Å². The standard InChI is InChI=1S/C23H26N4O2/c1-16-23(17(2)29-26-16)21-13-20(24-15-25-21)12-19-10-11-27(14-19)22(28)9-8-18-6-4-3-5-7-18/h3-7,13,15,19H,8-12,14H2,1-2H3/t19-/m1/s1. The maximum absolute atomic E-state index is 12.6. The van der Waals surface area contributed by atoms with E-state index in [0.717, 1.165) is 60.8 Å². The molecule has 1 aliphatic rings. The third kappa shape index (κ3) is 4.53. The van der Waals surface area contributed by atoms with E-state index in [-0.39, 0.29) is 5.91 Å². The summed E-state index contributed by atoms with van der Waals surface area (Å²) in [6.45, 7) is 5.45. The molecule has 29 heavy (non-hydrogen) atoms. The summed E-state index contributed by atoms with van der Waals surface area (Å²) in [5, 5.41) is 4.01. The summed E-state index contributed by atoms with van der Waals surface area (Å²) in [5.74, 6) is 1.45. The fourth-order valence-corrected chi connectivity index (χ4v) is 4.07. The van der Waals surface area contributed by atoms with Gasteiger partial charge in [-0.2, -0.15) is 0 Å². The molecule has 0 unspecified atom stereocenters. The van der Waals surface area contributed by atoms with Gasteiger partial charge in [0.1, 0.15) is 12.1 Å². The number of likely N-dealkylation sites (tertiary alicyclic amines) is 1. The van der Waals surface area contributed by atoms with Gasteiger partial charge in [-0.15, -0.1) is 0 Å². The minimum absolute atomic E-state index is 0.246. The minimum Gasteiger partial charge on any atom is -0.361 e. The number of hydrogen-bond acceptors (Lipinski definition) is 5. The molecule has 1 aromatic carbocycles. The monoisotopic (exact) mass is 390 g/mol. The zero-order chi connectivity index (χ0) is 20.2. The third-order valence-corrected chi connectivity index (χ3v) is 5.62. The number of benzene rings is 1. The summed E-state index contributed by atoms with van der Waals surface area (Å²) in [5.41, 5.74) is 4.84. The van der Waals surface area contributed by atoms with Crippen LogP contribution in [-0.2, 0) is 17.6 Å². The van der Waals surface area contributed by atoms with Crippen LogP contribution in [0.25, 0.3) is 11.3 Å². The predicted octanol–water partition coefficient (Wildman–Crippen LogP) is 3.77. The highest BCUT2D eigenvalue weighted by Gasteiger charge is 2.26. The van der Waals surface area contributed by atoms with Crippen molar-refractivity contribution in [2.24, 2.45) is 5.92 Å². The average molecular weight is 390 g/mol. The Labute approximate surface area is 171 Å². The van der Waals surface area contributed by atoms with Crippen molar-refractivity contribution in [1.82, 2.24) is 20.0 Å². The zero-order valence-electron chi connectivity index (χ0n) is 17.0. The Hall–Kier alpha value is -3.02. The maximum Gasteiger partial charge on any atom is 0.222 e. The third-order valence-electron chi connectivity index (χ3n) is 5.62. The van der Waals surface area contributed by atoms with Crippen LogP contribution in [0.15, 0.2) is 47.2 Å². The molecule has 0 radical (unpaired) electrons. The molecule has 4 rings (SSSR count). The molecular weight excluding hydrogens is 364 g/mol. The van der Waals surface area contributed by atoms with Crippen molar-refractivity contribution in [2.75, 3.05) is 13.1 Å². The highest BCUT2D eigenvalue weighted by atomic mass is 16.5. The SMILES string of the molecule is Cc1noc(C)c1-c1cc(C[C@H]2CCN(C(=O)CCc3ccccc3)C2)ncn1. The van der Waals surface area contributed by atoms with E-state index >= 15 is 0 Å². The molecule has 1 aliphatic heterocycles. The topological polar surface area (TPSA) is 72.1 Å². The van der Waals surface area contributed by atoms with Crippen LogP contribution in [0.3, 0.4) is 0 Å². The number of amides is 1. The summed E-state index contributed by atoms with van der Waals surface area (Å²) >= 11 is 0. The van der Waals surface area contributed by atoms with E-state index in [9.17, 15) is 4.79 Å². The first kappa shape index (κ1) is 19.3. The van der Waals surface area contributed by atoms with Gasteiger partial charge in [-0.1, -0.05) is 35.5 Å². The number of aryl methyl sites for hydroxylation is 3. The van der Waals surface area contributed by atoms with Crippen LogP contribution in [0.4, 0.5) is 0 Å². The molecule has 1 amide bonds. The Morgan fingerprint density at radius 3 is 2.79 bits per heavy atom. The largest absolute Gasteiger partial charge is 0.361 e. The van der Waals surface area contributed by atoms with Gasteiger partial charge in [0.25, 0.3) is 0 Å². The van der Waals surface area contributed by atoms with Crippen molar-refractivity contribution < 1.29 is 9.32 Å². The van der Waals surface area contributed by atoms with Crippen LogP contribution in [-0.4, -0.2) is 39.0 Å². The van der Waals surface area contributed by atoms with E-state index in [4.69, 9.17) is 4.52 Å². The fourth-order valence-electron chi connectivity index (χ4n) is 4.07. The molecule has 2 aromatic heterocycles. The average Bonchev–Trinajstić information content (AvgIpc) is 3.33. The van der Waals surface area contributed by atoms with Gasteiger partial charge in [-0.25, -0.2) is 9.97 Å². The second kappa shape index (κ2) is 8.55. The molecule has 0 saturated carbocycles. The first-order valence-electron chi connectivity index (χ1n) is 10.2. The second-order valence-corrected chi connectivity index (χ2v) is 7.78. The lowest BCUT2D eigenvalue weighted by molar-refractivity contribution is -0.130. The van der Waals surface area contributed by atoms with Gasteiger partial charge in [0, 0.05) is 25.2 Å². The van der Waals surface area contributed by atoms with Gasteiger partial charge in [-0.05, 0) is 50.7 Å². The highest BCUT2D eigenvalue weighted by Crippen LogP contribution is 2.27. The van der Waals surface area contributed by atoms with E-state index in [1.54, 1.807) is 6.33 Å². The van der Waals surface area contributed by atoms with Crippen LogP contribution in [0.5, 0.6) is 0 Å². The number of nitrogens with zero attached hydrogens (tertiary/aromatic N) is 4. The number of aromatic nitrogens is 3. The molecule has 1 fully saturated rings.